The molecule has 7 nitrogen and oxygen atoms in total. The maximum atomic E-state index is 12.4. The SMILES string of the molecule is CCCCn1ccnc1NS(=O)(=O)c1ccc(NC(C)=O)cc1. The number of sulfonamides is 1. The summed E-state index contributed by atoms with van der Waals surface area (Å²) in [5, 5.41) is 2.59. The van der Waals surface area contributed by atoms with Gasteiger partial charge in [-0.3, -0.25) is 4.79 Å². The average Bonchev–Trinajstić information content (AvgIpc) is 2.91. The zero-order valence-corrected chi connectivity index (χ0v) is 13.9. The van der Waals surface area contributed by atoms with E-state index in [1.807, 2.05) is 0 Å². The van der Waals surface area contributed by atoms with Gasteiger partial charge in [0.15, 0.2) is 0 Å². The standard InChI is InChI=1S/C15H20N4O3S/c1-3-4-10-19-11-9-16-15(19)18-23(21,22)14-7-5-13(6-8-14)17-12(2)20/h5-9,11H,3-4,10H2,1-2H3,(H,16,18)(H,17,20). The second-order valence-electron chi connectivity index (χ2n) is 5.11. The number of benzene rings is 1. The molecule has 0 aliphatic carbocycles. The highest BCUT2D eigenvalue weighted by Crippen LogP contribution is 2.17. The minimum atomic E-state index is -3.72. The van der Waals surface area contributed by atoms with Crippen LogP contribution in [0.4, 0.5) is 11.6 Å². The van der Waals surface area contributed by atoms with E-state index in [1.54, 1.807) is 29.1 Å². The summed E-state index contributed by atoms with van der Waals surface area (Å²) in [5.41, 5.74) is 0.542. The normalized spacial score (nSPS) is 11.2. The van der Waals surface area contributed by atoms with Gasteiger partial charge in [0.25, 0.3) is 10.0 Å². The monoisotopic (exact) mass is 336 g/mol. The third-order valence-electron chi connectivity index (χ3n) is 3.18. The summed E-state index contributed by atoms with van der Waals surface area (Å²) in [5.74, 6) is 0.0843. The van der Waals surface area contributed by atoms with Crippen molar-refractivity contribution >= 4 is 27.6 Å². The van der Waals surface area contributed by atoms with E-state index in [1.165, 1.54) is 19.1 Å². The molecule has 2 rings (SSSR count). The highest BCUT2D eigenvalue weighted by molar-refractivity contribution is 7.92. The smallest absolute Gasteiger partial charge is 0.264 e. The van der Waals surface area contributed by atoms with Gasteiger partial charge in [0.1, 0.15) is 0 Å². The zero-order valence-electron chi connectivity index (χ0n) is 13.1. The fraction of sp³-hybridized carbons (Fsp3) is 0.333. The molecule has 124 valence electrons. The Balaban J connectivity index is 2.15. The van der Waals surface area contributed by atoms with Crippen LogP contribution in [0.2, 0.25) is 0 Å². The van der Waals surface area contributed by atoms with Crippen molar-refractivity contribution in [2.24, 2.45) is 0 Å². The number of aryl methyl sites for hydroxylation is 1. The second-order valence-corrected chi connectivity index (χ2v) is 6.79. The number of hydrogen-bond acceptors (Lipinski definition) is 4. The Morgan fingerprint density at radius 2 is 1.96 bits per heavy atom. The summed E-state index contributed by atoms with van der Waals surface area (Å²) in [7, 11) is -3.72. The van der Waals surface area contributed by atoms with Crippen molar-refractivity contribution < 1.29 is 13.2 Å². The first-order valence-corrected chi connectivity index (χ1v) is 8.82. The Morgan fingerprint density at radius 1 is 1.26 bits per heavy atom. The van der Waals surface area contributed by atoms with Crippen LogP contribution < -0.4 is 10.0 Å². The van der Waals surface area contributed by atoms with E-state index in [0.29, 0.717) is 18.2 Å². The van der Waals surface area contributed by atoms with E-state index in [0.717, 1.165) is 12.8 Å². The van der Waals surface area contributed by atoms with Gasteiger partial charge in [-0.25, -0.2) is 18.1 Å². The summed E-state index contributed by atoms with van der Waals surface area (Å²) < 4.78 is 29.1. The molecule has 2 N–H and O–H groups in total. The van der Waals surface area contributed by atoms with Crippen LogP contribution >= 0.6 is 0 Å². The van der Waals surface area contributed by atoms with Crippen molar-refractivity contribution in [1.82, 2.24) is 9.55 Å². The first-order valence-electron chi connectivity index (χ1n) is 7.34. The van der Waals surface area contributed by atoms with Gasteiger partial charge in [0.2, 0.25) is 11.9 Å². The Kier molecular flexibility index (Phi) is 5.38. The van der Waals surface area contributed by atoms with Crippen molar-refractivity contribution in [3.05, 3.63) is 36.7 Å². The predicted molar refractivity (Wildman–Crippen MR) is 88.7 cm³/mol. The maximum absolute atomic E-state index is 12.4. The molecule has 1 heterocycles. The molecule has 0 radical (unpaired) electrons. The minimum absolute atomic E-state index is 0.108. The van der Waals surface area contributed by atoms with E-state index < -0.39 is 10.0 Å². The lowest BCUT2D eigenvalue weighted by atomic mass is 10.3. The molecule has 0 bridgehead atoms. The maximum Gasteiger partial charge on any atom is 0.264 e. The molecule has 1 aromatic carbocycles. The second kappa shape index (κ2) is 7.28. The van der Waals surface area contributed by atoms with E-state index in [4.69, 9.17) is 0 Å². The van der Waals surface area contributed by atoms with E-state index in [2.05, 4.69) is 21.9 Å². The van der Waals surface area contributed by atoms with E-state index in [-0.39, 0.29) is 10.8 Å². The predicted octanol–water partition coefficient (Wildman–Crippen LogP) is 2.44. The third-order valence-corrected chi connectivity index (χ3v) is 4.52. The summed E-state index contributed by atoms with van der Waals surface area (Å²) in [6, 6.07) is 5.96. The molecule has 0 fully saturated rings. The van der Waals surface area contributed by atoms with Crippen LogP contribution in [0.25, 0.3) is 0 Å². The molecule has 1 aromatic heterocycles. The highest BCUT2D eigenvalue weighted by Gasteiger charge is 2.17. The summed E-state index contributed by atoms with van der Waals surface area (Å²) in [6.45, 7) is 4.16. The van der Waals surface area contributed by atoms with Gasteiger partial charge < -0.3 is 9.88 Å². The van der Waals surface area contributed by atoms with Gasteiger partial charge >= 0.3 is 0 Å². The fourth-order valence-electron chi connectivity index (χ4n) is 2.02. The zero-order chi connectivity index (χ0) is 16.9. The van der Waals surface area contributed by atoms with Gasteiger partial charge in [-0.1, -0.05) is 13.3 Å². The van der Waals surface area contributed by atoms with Gasteiger partial charge in [-0.15, -0.1) is 0 Å². The molecule has 0 aliphatic heterocycles. The first kappa shape index (κ1) is 17.0. The molecule has 0 spiro atoms. The number of amides is 1. The topological polar surface area (TPSA) is 93.1 Å². The Bertz CT molecular complexity index is 766. The van der Waals surface area contributed by atoms with Crippen LogP contribution in [0.3, 0.4) is 0 Å². The number of carbonyl (C=O) groups is 1. The van der Waals surface area contributed by atoms with Gasteiger partial charge in [0, 0.05) is 31.5 Å². The number of imidazole rings is 1. The largest absolute Gasteiger partial charge is 0.326 e. The number of nitrogens with one attached hydrogen (secondary N) is 2. The molecular formula is C15H20N4O3S. The molecular weight excluding hydrogens is 316 g/mol. The summed E-state index contributed by atoms with van der Waals surface area (Å²) in [6.07, 6.45) is 5.26. The van der Waals surface area contributed by atoms with Crippen LogP contribution in [-0.2, 0) is 21.4 Å². The number of unbranched alkanes of at least 4 members (excludes halogenated alkanes) is 1. The molecule has 0 unspecified atom stereocenters. The van der Waals surface area contributed by atoms with Gasteiger partial charge in [0.05, 0.1) is 4.90 Å². The van der Waals surface area contributed by atoms with Crippen molar-refractivity contribution in [3.63, 3.8) is 0 Å². The van der Waals surface area contributed by atoms with Gasteiger partial charge in [-0.05, 0) is 30.7 Å². The molecule has 0 aliphatic rings. The lowest BCUT2D eigenvalue weighted by Gasteiger charge is -2.10. The fourth-order valence-corrected chi connectivity index (χ4v) is 3.05. The van der Waals surface area contributed by atoms with Crippen LogP contribution in [0.5, 0.6) is 0 Å². The number of hydrogen-bond donors (Lipinski definition) is 2. The van der Waals surface area contributed by atoms with E-state index >= 15 is 0 Å². The molecule has 0 saturated carbocycles. The number of carbonyl (C=O) groups excluding carboxylic acids is 1. The number of nitrogens with zero attached hydrogens (tertiary/aromatic N) is 2. The molecule has 0 saturated heterocycles. The molecule has 8 heteroatoms. The third kappa shape index (κ3) is 4.56. The van der Waals surface area contributed by atoms with Crippen LogP contribution in [-0.4, -0.2) is 23.9 Å². The molecule has 0 atom stereocenters. The lowest BCUT2D eigenvalue weighted by Crippen LogP contribution is -2.17. The van der Waals surface area contributed by atoms with Crippen LogP contribution in [0, 0.1) is 0 Å². The Hall–Kier alpha value is -2.35. The van der Waals surface area contributed by atoms with Crippen molar-refractivity contribution in [3.8, 4) is 0 Å². The average molecular weight is 336 g/mol. The molecule has 1 amide bonds. The minimum Gasteiger partial charge on any atom is -0.326 e. The Morgan fingerprint density at radius 3 is 2.57 bits per heavy atom. The number of anilines is 2. The Labute approximate surface area is 135 Å². The molecule has 2 aromatic rings. The quantitative estimate of drug-likeness (QED) is 0.812. The summed E-state index contributed by atoms with van der Waals surface area (Å²) >= 11 is 0. The summed E-state index contributed by atoms with van der Waals surface area (Å²) in [4.78, 5) is 15.1. The van der Waals surface area contributed by atoms with Crippen molar-refractivity contribution in [1.29, 1.82) is 0 Å². The van der Waals surface area contributed by atoms with Gasteiger partial charge in [-0.2, -0.15) is 0 Å². The lowest BCUT2D eigenvalue weighted by molar-refractivity contribution is -0.114. The number of rotatable bonds is 7. The van der Waals surface area contributed by atoms with Crippen LogP contribution in [0.15, 0.2) is 41.6 Å². The number of aromatic nitrogens is 2. The first-order chi connectivity index (χ1) is 10.9. The highest BCUT2D eigenvalue weighted by atomic mass is 32.2. The van der Waals surface area contributed by atoms with Crippen molar-refractivity contribution in [2.75, 3.05) is 10.0 Å². The van der Waals surface area contributed by atoms with E-state index in [9.17, 15) is 13.2 Å². The van der Waals surface area contributed by atoms with Crippen LogP contribution in [0.1, 0.15) is 26.7 Å². The van der Waals surface area contributed by atoms with Crippen molar-refractivity contribution in [2.45, 2.75) is 38.1 Å². The molecule has 23 heavy (non-hydrogen) atoms.